The van der Waals surface area contributed by atoms with Gasteiger partial charge in [0.15, 0.2) is 5.56 Å². The number of piperidine rings is 1. The van der Waals surface area contributed by atoms with Crippen LogP contribution in [0.1, 0.15) is 45.6 Å². The summed E-state index contributed by atoms with van der Waals surface area (Å²) in [6.45, 7) is 7.18. The molecule has 0 aromatic heterocycles. The molecule has 0 spiro atoms. The van der Waals surface area contributed by atoms with Crippen LogP contribution in [0.5, 0.6) is 5.75 Å². The number of benzene rings is 1. The first-order chi connectivity index (χ1) is 12.7. The number of nitro groups is 1. The summed E-state index contributed by atoms with van der Waals surface area (Å²) in [6.07, 6.45) is 2.17. The zero-order valence-corrected chi connectivity index (χ0v) is 15.9. The molecule has 0 unspecified atom stereocenters. The van der Waals surface area contributed by atoms with E-state index in [1.54, 1.807) is 11.0 Å². The van der Waals surface area contributed by atoms with Crippen LogP contribution >= 0.6 is 0 Å². The molecule has 8 heteroatoms. The Labute approximate surface area is 158 Å². The van der Waals surface area contributed by atoms with Gasteiger partial charge in [-0.05, 0) is 52.0 Å². The molecule has 0 aliphatic carbocycles. The number of nitriles is 1. The maximum atomic E-state index is 12.1. The van der Waals surface area contributed by atoms with E-state index in [0.29, 0.717) is 25.6 Å². The van der Waals surface area contributed by atoms with Gasteiger partial charge < -0.3 is 14.4 Å². The topological polar surface area (TPSA) is 106 Å². The van der Waals surface area contributed by atoms with Crippen molar-refractivity contribution < 1.29 is 19.2 Å². The third kappa shape index (κ3) is 5.84. The monoisotopic (exact) mass is 375 g/mol. The van der Waals surface area contributed by atoms with Gasteiger partial charge in [-0.3, -0.25) is 10.1 Å². The lowest BCUT2D eigenvalue weighted by Gasteiger charge is -2.33. The first-order valence-corrected chi connectivity index (χ1v) is 8.99. The summed E-state index contributed by atoms with van der Waals surface area (Å²) in [5, 5.41) is 20.2. The van der Waals surface area contributed by atoms with Crippen molar-refractivity contribution in [3.8, 4) is 11.8 Å². The Morgan fingerprint density at radius 2 is 2.04 bits per heavy atom. The first kappa shape index (κ1) is 20.5. The molecule has 27 heavy (non-hydrogen) atoms. The number of hydrogen-bond donors (Lipinski definition) is 0. The van der Waals surface area contributed by atoms with Crippen LogP contribution in [-0.2, 0) is 4.74 Å². The Morgan fingerprint density at radius 1 is 1.37 bits per heavy atom. The predicted molar refractivity (Wildman–Crippen MR) is 98.5 cm³/mol. The zero-order valence-electron chi connectivity index (χ0n) is 15.9. The van der Waals surface area contributed by atoms with E-state index in [-0.39, 0.29) is 23.1 Å². The lowest BCUT2D eigenvalue weighted by atomic mass is 9.94. The van der Waals surface area contributed by atoms with Crippen molar-refractivity contribution in [3.05, 3.63) is 33.9 Å². The molecule has 0 saturated carbocycles. The van der Waals surface area contributed by atoms with E-state index in [1.807, 2.05) is 26.8 Å². The highest BCUT2D eigenvalue weighted by Gasteiger charge is 2.27. The molecule has 1 heterocycles. The van der Waals surface area contributed by atoms with Gasteiger partial charge in [0.2, 0.25) is 0 Å². The van der Waals surface area contributed by atoms with E-state index < -0.39 is 10.5 Å². The van der Waals surface area contributed by atoms with E-state index in [9.17, 15) is 20.2 Å². The van der Waals surface area contributed by atoms with Crippen molar-refractivity contribution >= 4 is 11.8 Å². The summed E-state index contributed by atoms with van der Waals surface area (Å²) in [5.41, 5.74) is -0.804. The van der Waals surface area contributed by atoms with E-state index >= 15 is 0 Å². The summed E-state index contributed by atoms with van der Waals surface area (Å²) in [6, 6.07) is 6.21. The van der Waals surface area contributed by atoms with Gasteiger partial charge in [-0.25, -0.2) is 4.79 Å². The Kier molecular flexibility index (Phi) is 6.61. The van der Waals surface area contributed by atoms with E-state index in [2.05, 4.69) is 0 Å². The fraction of sp³-hybridized carbons (Fsp3) is 0.579. The van der Waals surface area contributed by atoms with Gasteiger partial charge in [-0.2, -0.15) is 5.26 Å². The molecule has 8 nitrogen and oxygen atoms in total. The minimum absolute atomic E-state index is 0.0535. The molecule has 0 bridgehead atoms. The SMILES string of the molecule is CC(C)(C)OC(=O)N1CCC(CCOc2cccc([N+](=O)[O-])c2C#N)CC1. The van der Waals surface area contributed by atoms with Crippen molar-refractivity contribution in [2.24, 2.45) is 5.92 Å². The van der Waals surface area contributed by atoms with Gasteiger partial charge in [0.25, 0.3) is 5.69 Å². The predicted octanol–water partition coefficient (Wildman–Crippen LogP) is 3.88. The molecular formula is C19H25N3O5. The molecule has 1 saturated heterocycles. The maximum Gasteiger partial charge on any atom is 0.410 e. The molecule has 1 aliphatic heterocycles. The fourth-order valence-corrected chi connectivity index (χ4v) is 2.97. The third-order valence-corrected chi connectivity index (χ3v) is 4.36. The van der Waals surface area contributed by atoms with Crippen LogP contribution in [-0.4, -0.2) is 41.2 Å². The van der Waals surface area contributed by atoms with Crippen LogP contribution in [0.3, 0.4) is 0 Å². The van der Waals surface area contributed by atoms with Crippen molar-refractivity contribution in [2.75, 3.05) is 19.7 Å². The molecule has 1 amide bonds. The van der Waals surface area contributed by atoms with E-state index in [1.165, 1.54) is 12.1 Å². The number of nitro benzene ring substituents is 1. The molecule has 0 radical (unpaired) electrons. The highest BCUT2D eigenvalue weighted by atomic mass is 16.6. The average Bonchev–Trinajstić information content (AvgIpc) is 2.60. The van der Waals surface area contributed by atoms with Crippen LogP contribution in [0.15, 0.2) is 18.2 Å². The third-order valence-electron chi connectivity index (χ3n) is 4.36. The highest BCUT2D eigenvalue weighted by Crippen LogP contribution is 2.28. The number of nitrogens with zero attached hydrogens (tertiary/aromatic N) is 3. The normalized spacial score (nSPS) is 15.1. The van der Waals surface area contributed by atoms with Crippen molar-refractivity contribution in [3.63, 3.8) is 0 Å². The van der Waals surface area contributed by atoms with E-state index in [4.69, 9.17) is 9.47 Å². The molecule has 1 aromatic carbocycles. The Bertz CT molecular complexity index is 728. The standard InChI is InChI=1S/C19H25N3O5/c1-19(2,3)27-18(23)21-10-7-14(8-11-21)9-12-26-17-6-4-5-16(22(24)25)15(17)13-20/h4-6,14H,7-12H2,1-3H3. The molecule has 1 aromatic rings. The summed E-state index contributed by atoms with van der Waals surface area (Å²) in [4.78, 5) is 24.2. The zero-order chi connectivity index (χ0) is 20.0. The van der Waals surface area contributed by atoms with Crippen molar-refractivity contribution in [1.82, 2.24) is 4.90 Å². The number of carbonyl (C=O) groups is 1. The van der Waals surface area contributed by atoms with Crippen LogP contribution < -0.4 is 4.74 Å². The van der Waals surface area contributed by atoms with Gasteiger partial charge in [-0.1, -0.05) is 6.07 Å². The Hall–Kier alpha value is -2.82. The highest BCUT2D eigenvalue weighted by molar-refractivity contribution is 5.68. The molecule has 0 atom stereocenters. The number of hydrogen-bond acceptors (Lipinski definition) is 6. The summed E-state index contributed by atoms with van der Waals surface area (Å²) in [7, 11) is 0. The second-order valence-corrected chi connectivity index (χ2v) is 7.57. The number of ether oxygens (including phenoxy) is 2. The van der Waals surface area contributed by atoms with Crippen molar-refractivity contribution in [1.29, 1.82) is 5.26 Å². The minimum Gasteiger partial charge on any atom is -0.492 e. The number of carbonyl (C=O) groups excluding carboxylic acids is 1. The molecule has 1 fully saturated rings. The minimum atomic E-state index is -0.586. The number of likely N-dealkylation sites (tertiary alicyclic amines) is 1. The molecule has 2 rings (SSSR count). The second kappa shape index (κ2) is 8.71. The molecular weight excluding hydrogens is 350 g/mol. The smallest absolute Gasteiger partial charge is 0.410 e. The van der Waals surface area contributed by atoms with Crippen LogP contribution in [0.4, 0.5) is 10.5 Å². The largest absolute Gasteiger partial charge is 0.492 e. The fourth-order valence-electron chi connectivity index (χ4n) is 2.97. The van der Waals surface area contributed by atoms with E-state index in [0.717, 1.165) is 19.3 Å². The van der Waals surface area contributed by atoms with Crippen LogP contribution in [0.2, 0.25) is 0 Å². The van der Waals surface area contributed by atoms with Gasteiger partial charge in [0.05, 0.1) is 11.5 Å². The van der Waals surface area contributed by atoms with Gasteiger partial charge in [0.1, 0.15) is 17.4 Å². The maximum absolute atomic E-state index is 12.1. The first-order valence-electron chi connectivity index (χ1n) is 8.99. The summed E-state index contributed by atoms with van der Waals surface area (Å²) >= 11 is 0. The lowest BCUT2D eigenvalue weighted by molar-refractivity contribution is -0.385. The van der Waals surface area contributed by atoms with Crippen LogP contribution in [0, 0.1) is 27.4 Å². The van der Waals surface area contributed by atoms with Crippen LogP contribution in [0.25, 0.3) is 0 Å². The van der Waals surface area contributed by atoms with Gasteiger partial charge >= 0.3 is 6.09 Å². The Morgan fingerprint density at radius 3 is 2.59 bits per heavy atom. The van der Waals surface area contributed by atoms with Crippen molar-refractivity contribution in [2.45, 2.75) is 45.6 Å². The number of rotatable bonds is 5. The van der Waals surface area contributed by atoms with Gasteiger partial charge in [0, 0.05) is 19.2 Å². The second-order valence-electron chi connectivity index (χ2n) is 7.57. The van der Waals surface area contributed by atoms with Gasteiger partial charge in [-0.15, -0.1) is 0 Å². The number of amides is 1. The molecule has 146 valence electrons. The summed E-state index contributed by atoms with van der Waals surface area (Å²) in [5.74, 6) is 0.630. The average molecular weight is 375 g/mol. The molecule has 0 N–H and O–H groups in total. The molecule has 1 aliphatic rings. The summed E-state index contributed by atoms with van der Waals surface area (Å²) < 4.78 is 11.0. The lowest BCUT2D eigenvalue weighted by Crippen LogP contribution is -2.41. The Balaban J connectivity index is 1.82. The quantitative estimate of drug-likeness (QED) is 0.571.